The second kappa shape index (κ2) is 5.07. The lowest BCUT2D eigenvalue weighted by Crippen LogP contribution is -2.57. The van der Waals surface area contributed by atoms with Crippen molar-refractivity contribution in [3.05, 3.63) is 17.5 Å². The quantitative estimate of drug-likeness (QED) is 0.840. The number of hydrogen-bond acceptors (Lipinski definition) is 5. The Kier molecular flexibility index (Phi) is 3.68. The van der Waals surface area contributed by atoms with E-state index in [-0.39, 0.29) is 5.91 Å². The van der Waals surface area contributed by atoms with Crippen LogP contribution in [-0.2, 0) is 16.1 Å². The molecule has 1 amide bonds. The van der Waals surface area contributed by atoms with Crippen LogP contribution in [0.15, 0.2) is 10.6 Å². The fourth-order valence-electron chi connectivity index (χ4n) is 2.21. The van der Waals surface area contributed by atoms with Crippen LogP contribution < -0.4 is 5.32 Å². The normalized spacial score (nSPS) is 25.1. The van der Waals surface area contributed by atoms with Crippen molar-refractivity contribution in [1.29, 1.82) is 0 Å². The number of carbonyl (C=O) groups is 1. The maximum Gasteiger partial charge on any atom is 0.253 e. The average Bonchev–Trinajstić information content (AvgIpc) is 2.73. The summed E-state index contributed by atoms with van der Waals surface area (Å²) in [6.07, 6.45) is 0. The lowest BCUT2D eigenvalue weighted by atomic mass is 10.0. The van der Waals surface area contributed by atoms with Crippen LogP contribution in [0.25, 0.3) is 0 Å². The fraction of sp³-hybridized carbons (Fsp3) is 0.667. The molecule has 1 N–H and O–H groups in total. The van der Waals surface area contributed by atoms with E-state index in [1.807, 2.05) is 19.9 Å². The van der Waals surface area contributed by atoms with Gasteiger partial charge >= 0.3 is 0 Å². The zero-order chi connectivity index (χ0) is 13.2. The standard InChI is InChI=1S/C12H19N3O3/c1-9-6-10(14-18-9)7-15-4-5-17-12(2,8-15)11(16)13-3/h6H,4-5,7-8H2,1-3H3,(H,13,16). The van der Waals surface area contributed by atoms with Gasteiger partial charge in [-0.05, 0) is 13.8 Å². The molecule has 0 bridgehead atoms. The van der Waals surface area contributed by atoms with Gasteiger partial charge in [0.2, 0.25) is 0 Å². The second-order valence-electron chi connectivity index (χ2n) is 4.80. The zero-order valence-corrected chi connectivity index (χ0v) is 11.0. The van der Waals surface area contributed by atoms with Crippen LogP contribution in [0.2, 0.25) is 0 Å². The molecule has 1 unspecified atom stereocenters. The summed E-state index contributed by atoms with van der Waals surface area (Å²) < 4.78 is 10.6. The van der Waals surface area contributed by atoms with E-state index in [1.54, 1.807) is 7.05 Å². The summed E-state index contributed by atoms with van der Waals surface area (Å²) in [6, 6.07) is 1.91. The molecule has 1 aromatic rings. The molecular formula is C12H19N3O3. The molecule has 0 radical (unpaired) electrons. The minimum atomic E-state index is -0.786. The van der Waals surface area contributed by atoms with Gasteiger partial charge in [0.25, 0.3) is 5.91 Å². The van der Waals surface area contributed by atoms with Crippen LogP contribution in [0.4, 0.5) is 0 Å². The Morgan fingerprint density at radius 3 is 3.06 bits per heavy atom. The van der Waals surface area contributed by atoms with Gasteiger partial charge in [0.05, 0.1) is 12.3 Å². The third-order valence-corrected chi connectivity index (χ3v) is 3.12. The van der Waals surface area contributed by atoms with E-state index in [4.69, 9.17) is 9.26 Å². The molecule has 1 aromatic heterocycles. The van der Waals surface area contributed by atoms with Gasteiger partial charge in [0.15, 0.2) is 5.60 Å². The highest BCUT2D eigenvalue weighted by atomic mass is 16.5. The number of morpholine rings is 1. The van der Waals surface area contributed by atoms with E-state index in [2.05, 4.69) is 15.4 Å². The maximum absolute atomic E-state index is 11.8. The van der Waals surface area contributed by atoms with E-state index in [0.29, 0.717) is 19.7 Å². The molecule has 6 nitrogen and oxygen atoms in total. The van der Waals surface area contributed by atoms with Gasteiger partial charge in [-0.2, -0.15) is 0 Å². The molecule has 1 saturated heterocycles. The topological polar surface area (TPSA) is 67.6 Å². The first-order valence-electron chi connectivity index (χ1n) is 6.04. The first kappa shape index (κ1) is 13.0. The molecule has 0 spiro atoms. The molecule has 18 heavy (non-hydrogen) atoms. The van der Waals surface area contributed by atoms with Crippen molar-refractivity contribution >= 4 is 5.91 Å². The van der Waals surface area contributed by atoms with Gasteiger partial charge in [-0.1, -0.05) is 5.16 Å². The summed E-state index contributed by atoms with van der Waals surface area (Å²) in [5.74, 6) is 0.704. The summed E-state index contributed by atoms with van der Waals surface area (Å²) in [5, 5.41) is 6.60. The number of amides is 1. The third-order valence-electron chi connectivity index (χ3n) is 3.12. The first-order valence-corrected chi connectivity index (χ1v) is 6.04. The van der Waals surface area contributed by atoms with E-state index in [1.165, 1.54) is 0 Å². The van der Waals surface area contributed by atoms with Crippen molar-refractivity contribution in [3.8, 4) is 0 Å². The average molecular weight is 253 g/mol. The number of rotatable bonds is 3. The molecule has 0 saturated carbocycles. The van der Waals surface area contributed by atoms with E-state index < -0.39 is 5.60 Å². The Bertz CT molecular complexity index is 432. The Morgan fingerprint density at radius 1 is 1.67 bits per heavy atom. The van der Waals surface area contributed by atoms with Crippen molar-refractivity contribution < 1.29 is 14.1 Å². The molecule has 2 heterocycles. The molecule has 1 atom stereocenters. The van der Waals surface area contributed by atoms with E-state index in [0.717, 1.165) is 18.0 Å². The predicted molar refractivity (Wildman–Crippen MR) is 64.9 cm³/mol. The number of ether oxygens (including phenoxy) is 1. The van der Waals surface area contributed by atoms with Crippen LogP contribution in [0.5, 0.6) is 0 Å². The van der Waals surface area contributed by atoms with Crippen molar-refractivity contribution in [2.75, 3.05) is 26.7 Å². The summed E-state index contributed by atoms with van der Waals surface area (Å²) in [7, 11) is 1.62. The highest BCUT2D eigenvalue weighted by Crippen LogP contribution is 2.19. The molecule has 2 rings (SSSR count). The first-order chi connectivity index (χ1) is 8.53. The van der Waals surface area contributed by atoms with Gasteiger partial charge in [-0.3, -0.25) is 9.69 Å². The SMILES string of the molecule is CNC(=O)C1(C)CN(Cc2cc(C)on2)CCO1. The van der Waals surface area contributed by atoms with Gasteiger partial charge in [-0.15, -0.1) is 0 Å². The van der Waals surface area contributed by atoms with Gasteiger partial charge in [0.1, 0.15) is 5.76 Å². The van der Waals surface area contributed by atoms with E-state index in [9.17, 15) is 4.79 Å². The maximum atomic E-state index is 11.8. The second-order valence-corrected chi connectivity index (χ2v) is 4.80. The smallest absolute Gasteiger partial charge is 0.253 e. The Hall–Kier alpha value is -1.40. The van der Waals surface area contributed by atoms with Crippen LogP contribution in [-0.4, -0.2) is 48.3 Å². The van der Waals surface area contributed by atoms with Crippen LogP contribution in [0.3, 0.4) is 0 Å². The van der Waals surface area contributed by atoms with Crippen molar-refractivity contribution in [2.45, 2.75) is 26.0 Å². The molecule has 1 aliphatic rings. The number of aryl methyl sites for hydroxylation is 1. The van der Waals surface area contributed by atoms with Crippen LogP contribution in [0, 0.1) is 6.92 Å². The lowest BCUT2D eigenvalue weighted by molar-refractivity contribution is -0.156. The molecule has 0 aromatic carbocycles. The minimum absolute atomic E-state index is 0.0940. The summed E-state index contributed by atoms with van der Waals surface area (Å²) in [6.45, 7) is 6.24. The zero-order valence-electron chi connectivity index (χ0n) is 11.0. The third kappa shape index (κ3) is 2.70. The number of carbonyl (C=O) groups excluding carboxylic acids is 1. The minimum Gasteiger partial charge on any atom is -0.363 e. The Balaban J connectivity index is 2.00. The summed E-state index contributed by atoms with van der Waals surface area (Å²) in [4.78, 5) is 13.9. The number of hydrogen-bond donors (Lipinski definition) is 1. The fourth-order valence-corrected chi connectivity index (χ4v) is 2.21. The van der Waals surface area contributed by atoms with Gasteiger partial charge in [-0.25, -0.2) is 0 Å². The van der Waals surface area contributed by atoms with Gasteiger partial charge in [0, 0.05) is 32.7 Å². The molecule has 6 heteroatoms. The number of nitrogens with one attached hydrogen (secondary N) is 1. The highest BCUT2D eigenvalue weighted by Gasteiger charge is 2.38. The monoisotopic (exact) mass is 253 g/mol. The van der Waals surface area contributed by atoms with Crippen molar-refractivity contribution in [3.63, 3.8) is 0 Å². The highest BCUT2D eigenvalue weighted by molar-refractivity contribution is 5.84. The lowest BCUT2D eigenvalue weighted by Gasteiger charge is -2.38. The summed E-state index contributed by atoms with van der Waals surface area (Å²) in [5.41, 5.74) is 0.0971. The number of nitrogens with zero attached hydrogens (tertiary/aromatic N) is 2. The molecule has 0 aliphatic carbocycles. The molecular weight excluding hydrogens is 234 g/mol. The van der Waals surface area contributed by atoms with Crippen molar-refractivity contribution in [2.24, 2.45) is 0 Å². The molecule has 1 aliphatic heterocycles. The Labute approximate surface area is 106 Å². The Morgan fingerprint density at radius 2 is 2.44 bits per heavy atom. The predicted octanol–water partition coefficient (Wildman–Crippen LogP) is 0.320. The number of aromatic nitrogens is 1. The number of likely N-dealkylation sites (N-methyl/N-ethyl adjacent to an activating group) is 1. The molecule has 100 valence electrons. The van der Waals surface area contributed by atoms with Crippen LogP contribution >= 0.6 is 0 Å². The van der Waals surface area contributed by atoms with Crippen molar-refractivity contribution in [1.82, 2.24) is 15.4 Å². The van der Waals surface area contributed by atoms with E-state index >= 15 is 0 Å². The largest absolute Gasteiger partial charge is 0.363 e. The molecule has 1 fully saturated rings. The van der Waals surface area contributed by atoms with Crippen LogP contribution in [0.1, 0.15) is 18.4 Å². The summed E-state index contributed by atoms with van der Waals surface area (Å²) >= 11 is 0. The van der Waals surface area contributed by atoms with Gasteiger partial charge < -0.3 is 14.6 Å².